The van der Waals surface area contributed by atoms with E-state index in [0.717, 1.165) is 11.1 Å². The second kappa shape index (κ2) is 8.43. The van der Waals surface area contributed by atoms with Gasteiger partial charge in [0.25, 0.3) is 5.89 Å². The molecule has 1 heterocycles. The minimum Gasteiger partial charge on any atom is -0.456 e. The van der Waals surface area contributed by atoms with Gasteiger partial charge in [-0.05, 0) is 11.1 Å². The summed E-state index contributed by atoms with van der Waals surface area (Å²) in [4.78, 5) is 16.6. The fraction of sp³-hybridized carbons (Fsp3) is 0.286. The van der Waals surface area contributed by atoms with Gasteiger partial charge in [-0.3, -0.25) is 4.79 Å². The summed E-state index contributed by atoms with van der Waals surface area (Å²) < 4.78 is 10.5. The van der Waals surface area contributed by atoms with Crippen LogP contribution >= 0.6 is 0 Å². The lowest BCUT2D eigenvalue weighted by molar-refractivity contribution is -0.146. The van der Waals surface area contributed by atoms with Gasteiger partial charge in [0, 0.05) is 11.8 Å². The van der Waals surface area contributed by atoms with Gasteiger partial charge in [0.2, 0.25) is 0 Å². The Morgan fingerprint density at radius 3 is 2.08 bits per heavy atom. The van der Waals surface area contributed by atoms with Crippen molar-refractivity contribution in [1.82, 2.24) is 10.1 Å². The number of aromatic nitrogens is 2. The molecule has 0 aliphatic heterocycles. The lowest BCUT2D eigenvalue weighted by atomic mass is 9.89. The summed E-state index contributed by atoms with van der Waals surface area (Å²) in [6, 6.07) is 19.9. The van der Waals surface area contributed by atoms with Gasteiger partial charge < -0.3 is 9.26 Å². The van der Waals surface area contributed by atoms with Crippen LogP contribution in [0.5, 0.6) is 0 Å². The highest BCUT2D eigenvalue weighted by Gasteiger charge is 2.20. The summed E-state index contributed by atoms with van der Waals surface area (Å²) in [5, 5.41) is 3.87. The van der Waals surface area contributed by atoms with E-state index in [4.69, 9.17) is 9.26 Å². The third-order valence-corrected chi connectivity index (χ3v) is 4.13. The summed E-state index contributed by atoms with van der Waals surface area (Å²) in [6.07, 6.45) is 0.249. The highest BCUT2D eigenvalue weighted by atomic mass is 16.6. The fourth-order valence-corrected chi connectivity index (χ4v) is 2.73. The van der Waals surface area contributed by atoms with Crippen molar-refractivity contribution >= 4 is 5.97 Å². The van der Waals surface area contributed by atoms with Crippen LogP contribution < -0.4 is 0 Å². The minimum absolute atomic E-state index is 0.00511. The molecule has 0 saturated carbocycles. The molecule has 0 unspecified atom stereocenters. The third-order valence-electron chi connectivity index (χ3n) is 4.13. The average Bonchev–Trinajstić information content (AvgIpc) is 3.15. The standard InChI is InChI=1S/C21H22N2O3/c1-15(2)21-22-19(26-23-21)14-25-20(24)13-18(16-9-5-3-6-10-16)17-11-7-4-8-12-17/h3-12,15,18H,13-14H2,1-2H3. The summed E-state index contributed by atoms with van der Waals surface area (Å²) in [5.41, 5.74) is 2.16. The Hall–Kier alpha value is -2.95. The molecule has 0 aliphatic carbocycles. The van der Waals surface area contributed by atoms with Crippen LogP contribution in [0.2, 0.25) is 0 Å². The second-order valence-corrected chi connectivity index (χ2v) is 6.44. The summed E-state index contributed by atoms with van der Waals surface area (Å²) in [7, 11) is 0. The molecule has 2 aromatic carbocycles. The van der Waals surface area contributed by atoms with Gasteiger partial charge in [-0.2, -0.15) is 4.98 Å². The first-order valence-electron chi connectivity index (χ1n) is 8.71. The van der Waals surface area contributed by atoms with Crippen molar-refractivity contribution in [1.29, 1.82) is 0 Å². The first-order chi connectivity index (χ1) is 12.6. The Labute approximate surface area is 153 Å². The molecule has 0 spiro atoms. The summed E-state index contributed by atoms with van der Waals surface area (Å²) in [5.74, 6) is 0.745. The van der Waals surface area contributed by atoms with Crippen molar-refractivity contribution in [2.75, 3.05) is 0 Å². The summed E-state index contributed by atoms with van der Waals surface area (Å²) >= 11 is 0. The SMILES string of the molecule is CC(C)c1noc(COC(=O)CC(c2ccccc2)c2ccccc2)n1. The van der Waals surface area contributed by atoms with Crippen LogP contribution in [0.4, 0.5) is 0 Å². The molecular formula is C21H22N2O3. The van der Waals surface area contributed by atoms with Crippen LogP contribution in [0, 0.1) is 0 Å². The Morgan fingerprint density at radius 2 is 1.58 bits per heavy atom. The maximum atomic E-state index is 12.4. The predicted octanol–water partition coefficient (Wildman–Crippen LogP) is 4.46. The molecule has 5 heteroatoms. The van der Waals surface area contributed by atoms with Crippen molar-refractivity contribution in [2.24, 2.45) is 0 Å². The monoisotopic (exact) mass is 350 g/mol. The Kier molecular flexibility index (Phi) is 5.79. The van der Waals surface area contributed by atoms with Crippen LogP contribution in [-0.4, -0.2) is 16.1 Å². The molecule has 0 saturated heterocycles. The van der Waals surface area contributed by atoms with Crippen LogP contribution in [0.25, 0.3) is 0 Å². The van der Waals surface area contributed by atoms with E-state index < -0.39 is 0 Å². The second-order valence-electron chi connectivity index (χ2n) is 6.44. The molecule has 0 amide bonds. The summed E-state index contributed by atoms with van der Waals surface area (Å²) in [6.45, 7) is 3.95. The van der Waals surface area contributed by atoms with Gasteiger partial charge in [-0.1, -0.05) is 79.7 Å². The zero-order chi connectivity index (χ0) is 18.4. The maximum Gasteiger partial charge on any atom is 0.307 e. The molecule has 0 atom stereocenters. The van der Waals surface area contributed by atoms with Gasteiger partial charge in [0.05, 0.1) is 6.42 Å². The van der Waals surface area contributed by atoms with E-state index >= 15 is 0 Å². The van der Waals surface area contributed by atoms with Gasteiger partial charge >= 0.3 is 5.97 Å². The minimum atomic E-state index is -0.299. The molecule has 0 radical (unpaired) electrons. The van der Waals surface area contributed by atoms with Crippen molar-refractivity contribution in [3.63, 3.8) is 0 Å². The van der Waals surface area contributed by atoms with Gasteiger partial charge in [0.1, 0.15) is 0 Å². The smallest absolute Gasteiger partial charge is 0.307 e. The van der Waals surface area contributed by atoms with Crippen molar-refractivity contribution < 1.29 is 14.1 Å². The maximum absolute atomic E-state index is 12.4. The van der Waals surface area contributed by atoms with E-state index in [0.29, 0.717) is 11.7 Å². The molecule has 3 rings (SSSR count). The van der Waals surface area contributed by atoms with E-state index in [9.17, 15) is 4.79 Å². The van der Waals surface area contributed by atoms with E-state index in [1.807, 2.05) is 74.5 Å². The van der Waals surface area contributed by atoms with Crippen LogP contribution in [0.15, 0.2) is 65.2 Å². The van der Waals surface area contributed by atoms with Crippen molar-refractivity contribution in [2.45, 2.75) is 38.7 Å². The number of carbonyl (C=O) groups is 1. The Balaban J connectivity index is 1.67. The van der Waals surface area contributed by atoms with Crippen LogP contribution in [0.1, 0.15) is 54.9 Å². The number of ether oxygens (including phenoxy) is 1. The lowest BCUT2D eigenvalue weighted by Gasteiger charge is -2.17. The number of nitrogens with zero attached hydrogens (tertiary/aromatic N) is 2. The predicted molar refractivity (Wildman–Crippen MR) is 97.5 cm³/mol. The van der Waals surface area contributed by atoms with E-state index in [1.54, 1.807) is 0 Å². The number of hydrogen-bond donors (Lipinski definition) is 0. The topological polar surface area (TPSA) is 65.2 Å². The third kappa shape index (κ3) is 4.57. The van der Waals surface area contributed by atoms with Crippen LogP contribution in [0.3, 0.4) is 0 Å². The molecule has 1 aromatic heterocycles. The van der Waals surface area contributed by atoms with Crippen molar-refractivity contribution in [3.8, 4) is 0 Å². The molecule has 3 aromatic rings. The van der Waals surface area contributed by atoms with Gasteiger partial charge in [-0.25, -0.2) is 0 Å². The molecular weight excluding hydrogens is 328 g/mol. The lowest BCUT2D eigenvalue weighted by Crippen LogP contribution is -2.12. The van der Waals surface area contributed by atoms with Gasteiger partial charge in [-0.15, -0.1) is 0 Å². The molecule has 134 valence electrons. The highest BCUT2D eigenvalue weighted by Crippen LogP contribution is 2.28. The van der Waals surface area contributed by atoms with Crippen molar-refractivity contribution in [3.05, 3.63) is 83.5 Å². The first-order valence-corrected chi connectivity index (χ1v) is 8.71. The fourth-order valence-electron chi connectivity index (χ4n) is 2.73. The number of benzene rings is 2. The van der Waals surface area contributed by atoms with Crippen LogP contribution in [-0.2, 0) is 16.1 Å². The normalized spacial score (nSPS) is 11.1. The number of hydrogen-bond acceptors (Lipinski definition) is 5. The Morgan fingerprint density at radius 1 is 1.00 bits per heavy atom. The molecule has 5 nitrogen and oxygen atoms in total. The largest absolute Gasteiger partial charge is 0.456 e. The zero-order valence-corrected chi connectivity index (χ0v) is 15.0. The van der Waals surface area contributed by atoms with E-state index in [-0.39, 0.29) is 30.8 Å². The zero-order valence-electron chi connectivity index (χ0n) is 15.0. The quantitative estimate of drug-likeness (QED) is 0.589. The molecule has 0 fully saturated rings. The van der Waals surface area contributed by atoms with E-state index in [1.165, 1.54) is 0 Å². The molecule has 0 aliphatic rings. The molecule has 0 bridgehead atoms. The number of rotatable bonds is 7. The number of carbonyl (C=O) groups excluding carboxylic acids is 1. The molecule has 0 N–H and O–H groups in total. The first kappa shape index (κ1) is 17.9. The highest BCUT2D eigenvalue weighted by molar-refractivity contribution is 5.71. The van der Waals surface area contributed by atoms with E-state index in [2.05, 4.69) is 10.1 Å². The Bertz CT molecular complexity index is 789. The van der Waals surface area contributed by atoms with Gasteiger partial charge in [0.15, 0.2) is 12.4 Å². The molecule has 26 heavy (non-hydrogen) atoms. The number of esters is 1. The average molecular weight is 350 g/mol.